The van der Waals surface area contributed by atoms with Crippen molar-refractivity contribution in [2.75, 3.05) is 52.4 Å². The first kappa shape index (κ1) is 11.1. The molecule has 2 rings (SSSR count). The lowest BCUT2D eigenvalue weighted by molar-refractivity contribution is 0.240. The minimum atomic E-state index is 1.16. The fourth-order valence-corrected chi connectivity index (χ4v) is 2.42. The van der Waals surface area contributed by atoms with Crippen molar-refractivity contribution in [3.8, 4) is 0 Å². The maximum atomic E-state index is 3.40. The van der Waals surface area contributed by atoms with Gasteiger partial charge in [0.15, 0.2) is 0 Å². The second-order valence-electron chi connectivity index (χ2n) is 4.55. The first-order valence-corrected chi connectivity index (χ1v) is 6.22. The number of piperazine rings is 1. The van der Waals surface area contributed by atoms with Gasteiger partial charge in [-0.05, 0) is 18.5 Å². The van der Waals surface area contributed by atoms with Crippen molar-refractivity contribution in [3.63, 3.8) is 0 Å². The highest BCUT2D eigenvalue weighted by Gasteiger charge is 2.15. The Balaban J connectivity index is 1.80. The van der Waals surface area contributed by atoms with Crippen LogP contribution >= 0.6 is 0 Å². The predicted octanol–water partition coefficient (Wildman–Crippen LogP) is 0.544. The molecular weight excluding hydrogens is 186 g/mol. The van der Waals surface area contributed by atoms with Crippen molar-refractivity contribution in [1.29, 1.82) is 0 Å². The standard InChI is InChI=1S/C12H23N3/c1-2-14-7-3-4-12(10-14)11-15-8-5-13-6-9-15/h4,13H,2-3,5-11H2,1H3. The minimum Gasteiger partial charge on any atom is -0.314 e. The average molecular weight is 209 g/mol. The molecule has 0 saturated carbocycles. The minimum absolute atomic E-state index is 1.16. The molecular formula is C12H23N3. The highest BCUT2D eigenvalue weighted by atomic mass is 15.2. The van der Waals surface area contributed by atoms with Gasteiger partial charge in [-0.3, -0.25) is 9.80 Å². The second kappa shape index (κ2) is 5.64. The molecule has 0 spiro atoms. The summed E-state index contributed by atoms with van der Waals surface area (Å²) >= 11 is 0. The van der Waals surface area contributed by atoms with E-state index in [0.29, 0.717) is 0 Å². The molecule has 86 valence electrons. The molecule has 0 atom stereocenters. The summed E-state index contributed by atoms with van der Waals surface area (Å²) in [6.07, 6.45) is 3.70. The number of hydrogen-bond acceptors (Lipinski definition) is 3. The first-order valence-electron chi connectivity index (χ1n) is 6.22. The average Bonchev–Trinajstić information content (AvgIpc) is 2.31. The summed E-state index contributed by atoms with van der Waals surface area (Å²) in [5, 5.41) is 3.40. The topological polar surface area (TPSA) is 18.5 Å². The van der Waals surface area contributed by atoms with Gasteiger partial charge in [0.1, 0.15) is 0 Å². The molecule has 3 heteroatoms. The summed E-state index contributed by atoms with van der Waals surface area (Å²) in [7, 11) is 0. The molecule has 3 nitrogen and oxygen atoms in total. The lowest BCUT2D eigenvalue weighted by Gasteiger charge is -2.32. The summed E-state index contributed by atoms with van der Waals surface area (Å²) in [5.74, 6) is 0. The van der Waals surface area contributed by atoms with Crippen LogP contribution in [0.15, 0.2) is 11.6 Å². The monoisotopic (exact) mass is 209 g/mol. The number of nitrogens with one attached hydrogen (secondary N) is 1. The Bertz CT molecular complexity index is 219. The van der Waals surface area contributed by atoms with Crippen molar-refractivity contribution in [1.82, 2.24) is 15.1 Å². The van der Waals surface area contributed by atoms with Crippen molar-refractivity contribution in [2.45, 2.75) is 13.3 Å². The van der Waals surface area contributed by atoms with Gasteiger partial charge >= 0.3 is 0 Å². The van der Waals surface area contributed by atoms with Crippen LogP contribution in [0, 0.1) is 0 Å². The van der Waals surface area contributed by atoms with Crippen LogP contribution in [0.3, 0.4) is 0 Å². The largest absolute Gasteiger partial charge is 0.314 e. The molecule has 0 radical (unpaired) electrons. The van der Waals surface area contributed by atoms with E-state index in [-0.39, 0.29) is 0 Å². The maximum Gasteiger partial charge on any atom is 0.0206 e. The van der Waals surface area contributed by atoms with Gasteiger partial charge in [0.25, 0.3) is 0 Å². The van der Waals surface area contributed by atoms with Crippen LogP contribution in [-0.2, 0) is 0 Å². The molecule has 0 aliphatic carbocycles. The van der Waals surface area contributed by atoms with Crippen molar-refractivity contribution < 1.29 is 0 Å². The lowest BCUT2D eigenvalue weighted by Crippen LogP contribution is -2.45. The molecule has 0 aromatic heterocycles. The van der Waals surface area contributed by atoms with Gasteiger partial charge in [-0.1, -0.05) is 13.0 Å². The highest BCUT2D eigenvalue weighted by Crippen LogP contribution is 2.11. The molecule has 15 heavy (non-hydrogen) atoms. The van der Waals surface area contributed by atoms with Crippen molar-refractivity contribution in [3.05, 3.63) is 11.6 Å². The molecule has 0 aromatic rings. The maximum absolute atomic E-state index is 3.40. The van der Waals surface area contributed by atoms with Gasteiger partial charge in [0, 0.05) is 45.8 Å². The Morgan fingerprint density at radius 3 is 2.73 bits per heavy atom. The summed E-state index contributed by atoms with van der Waals surface area (Å²) in [5.41, 5.74) is 1.63. The quantitative estimate of drug-likeness (QED) is 0.685. The van der Waals surface area contributed by atoms with Gasteiger partial charge in [0.05, 0.1) is 0 Å². The highest BCUT2D eigenvalue weighted by molar-refractivity contribution is 5.10. The van der Waals surface area contributed by atoms with Crippen LogP contribution in [0.1, 0.15) is 13.3 Å². The Morgan fingerprint density at radius 2 is 2.00 bits per heavy atom. The predicted molar refractivity (Wildman–Crippen MR) is 64.1 cm³/mol. The van der Waals surface area contributed by atoms with E-state index >= 15 is 0 Å². The lowest BCUT2D eigenvalue weighted by atomic mass is 10.1. The van der Waals surface area contributed by atoms with E-state index in [4.69, 9.17) is 0 Å². The summed E-state index contributed by atoms with van der Waals surface area (Å²) < 4.78 is 0. The number of rotatable bonds is 3. The molecule has 0 amide bonds. The van der Waals surface area contributed by atoms with E-state index in [2.05, 4.69) is 28.1 Å². The van der Waals surface area contributed by atoms with E-state index in [1.807, 2.05) is 0 Å². The molecule has 2 aliphatic rings. The van der Waals surface area contributed by atoms with Crippen LogP contribution in [-0.4, -0.2) is 62.2 Å². The second-order valence-corrected chi connectivity index (χ2v) is 4.55. The molecule has 2 aliphatic heterocycles. The Morgan fingerprint density at radius 1 is 1.20 bits per heavy atom. The summed E-state index contributed by atoms with van der Waals surface area (Å²) in [4.78, 5) is 5.11. The van der Waals surface area contributed by atoms with Crippen LogP contribution in [0.5, 0.6) is 0 Å². The third-order valence-corrected chi connectivity index (χ3v) is 3.39. The molecule has 1 fully saturated rings. The van der Waals surface area contributed by atoms with E-state index in [0.717, 1.165) is 13.1 Å². The van der Waals surface area contributed by atoms with Crippen molar-refractivity contribution in [2.24, 2.45) is 0 Å². The van der Waals surface area contributed by atoms with E-state index < -0.39 is 0 Å². The zero-order chi connectivity index (χ0) is 10.5. The summed E-state index contributed by atoms with van der Waals surface area (Å²) in [6.45, 7) is 11.8. The third-order valence-electron chi connectivity index (χ3n) is 3.39. The Labute approximate surface area is 93.1 Å². The third kappa shape index (κ3) is 3.30. The van der Waals surface area contributed by atoms with Crippen LogP contribution in [0.2, 0.25) is 0 Å². The van der Waals surface area contributed by atoms with Crippen LogP contribution in [0.25, 0.3) is 0 Å². The molecule has 2 heterocycles. The van der Waals surface area contributed by atoms with Gasteiger partial charge in [-0.2, -0.15) is 0 Å². The molecule has 0 bridgehead atoms. The van der Waals surface area contributed by atoms with Gasteiger partial charge in [-0.25, -0.2) is 0 Å². The molecule has 1 N–H and O–H groups in total. The smallest absolute Gasteiger partial charge is 0.0206 e. The van der Waals surface area contributed by atoms with Crippen LogP contribution < -0.4 is 5.32 Å². The molecule has 1 saturated heterocycles. The zero-order valence-corrected chi connectivity index (χ0v) is 9.84. The molecule has 0 unspecified atom stereocenters. The van der Waals surface area contributed by atoms with Gasteiger partial charge in [-0.15, -0.1) is 0 Å². The fourth-order valence-electron chi connectivity index (χ4n) is 2.42. The van der Waals surface area contributed by atoms with Crippen LogP contribution in [0.4, 0.5) is 0 Å². The number of nitrogens with zero attached hydrogens (tertiary/aromatic N) is 2. The van der Waals surface area contributed by atoms with E-state index in [1.54, 1.807) is 5.57 Å². The SMILES string of the molecule is CCN1CCC=C(CN2CCNCC2)C1. The Kier molecular flexibility index (Phi) is 4.18. The van der Waals surface area contributed by atoms with E-state index in [9.17, 15) is 0 Å². The summed E-state index contributed by atoms with van der Waals surface area (Å²) in [6, 6.07) is 0. The van der Waals surface area contributed by atoms with Gasteiger partial charge < -0.3 is 5.32 Å². The Hall–Kier alpha value is -0.380. The number of hydrogen-bond donors (Lipinski definition) is 1. The van der Waals surface area contributed by atoms with Gasteiger partial charge in [0.2, 0.25) is 0 Å². The zero-order valence-electron chi connectivity index (χ0n) is 9.84. The van der Waals surface area contributed by atoms with E-state index in [1.165, 1.54) is 45.7 Å². The molecule has 0 aromatic carbocycles. The van der Waals surface area contributed by atoms with Crippen molar-refractivity contribution >= 4 is 0 Å². The normalized spacial score (nSPS) is 25.3. The number of likely N-dealkylation sites (N-methyl/N-ethyl adjacent to an activating group) is 1. The fraction of sp³-hybridized carbons (Fsp3) is 0.833. The first-order chi connectivity index (χ1) is 7.38.